The monoisotopic (exact) mass is 341 g/mol. The van der Waals surface area contributed by atoms with Gasteiger partial charge in [-0.3, -0.25) is 0 Å². The highest BCUT2D eigenvalue weighted by molar-refractivity contribution is 6.35. The third-order valence-electron chi connectivity index (χ3n) is 3.97. The summed E-state index contributed by atoms with van der Waals surface area (Å²) in [4.78, 5) is 8.79. The van der Waals surface area contributed by atoms with E-state index in [-0.39, 0.29) is 6.04 Å². The molecule has 1 atom stereocenters. The lowest BCUT2D eigenvalue weighted by molar-refractivity contribution is 0.782. The van der Waals surface area contributed by atoms with Gasteiger partial charge in [0.05, 0.1) is 17.4 Å². The van der Waals surface area contributed by atoms with Crippen LogP contribution in [0.1, 0.15) is 17.3 Å². The summed E-state index contributed by atoms with van der Waals surface area (Å²) in [6, 6.07) is 15.9. The van der Waals surface area contributed by atoms with Crippen LogP contribution in [0.5, 0.6) is 0 Å². The topological polar surface area (TPSA) is 37.8 Å². The Balaban J connectivity index is 1.68. The molecule has 5 heteroatoms. The Morgan fingerprint density at radius 3 is 2.52 bits per heavy atom. The highest BCUT2D eigenvalue weighted by atomic mass is 35.5. The zero-order valence-electron chi connectivity index (χ0n) is 12.1. The molecule has 2 heterocycles. The molecule has 23 heavy (non-hydrogen) atoms. The fourth-order valence-electron chi connectivity index (χ4n) is 2.90. The summed E-state index contributed by atoms with van der Waals surface area (Å²) in [7, 11) is 0. The van der Waals surface area contributed by atoms with E-state index in [1.54, 1.807) is 12.4 Å². The van der Waals surface area contributed by atoms with Gasteiger partial charge in [0.2, 0.25) is 0 Å². The predicted octanol–water partition coefficient (Wildman–Crippen LogP) is 5.16. The van der Waals surface area contributed by atoms with E-state index in [1.807, 2.05) is 24.3 Å². The largest absolute Gasteiger partial charge is 0.376 e. The number of halogens is 2. The highest BCUT2D eigenvalue weighted by Gasteiger charge is 2.23. The lowest BCUT2D eigenvalue weighted by Gasteiger charge is -2.12. The zero-order valence-corrected chi connectivity index (χ0v) is 13.6. The van der Waals surface area contributed by atoms with E-state index in [2.05, 4.69) is 33.5 Å². The minimum Gasteiger partial charge on any atom is -0.376 e. The quantitative estimate of drug-likeness (QED) is 0.699. The van der Waals surface area contributed by atoms with Gasteiger partial charge >= 0.3 is 0 Å². The van der Waals surface area contributed by atoms with Gasteiger partial charge in [-0.1, -0.05) is 41.4 Å². The number of para-hydroxylation sites is 1. The van der Waals surface area contributed by atoms with Gasteiger partial charge < -0.3 is 5.32 Å². The normalized spacial score (nSPS) is 16.0. The first-order chi connectivity index (χ1) is 11.2. The molecule has 0 radical (unpaired) electrons. The second-order valence-electron chi connectivity index (χ2n) is 5.54. The van der Waals surface area contributed by atoms with E-state index < -0.39 is 0 Å². The molecular formula is C18H13Cl2N3. The van der Waals surface area contributed by atoms with Crippen molar-refractivity contribution in [1.82, 2.24) is 9.97 Å². The van der Waals surface area contributed by atoms with Crippen LogP contribution in [0.4, 0.5) is 5.69 Å². The van der Waals surface area contributed by atoms with E-state index in [9.17, 15) is 0 Å². The smallest absolute Gasteiger partial charge is 0.116 e. The second-order valence-corrected chi connectivity index (χ2v) is 6.42. The second kappa shape index (κ2) is 5.84. The molecule has 114 valence electrons. The van der Waals surface area contributed by atoms with Gasteiger partial charge in [0.1, 0.15) is 6.33 Å². The molecule has 3 nitrogen and oxygen atoms in total. The van der Waals surface area contributed by atoms with Crippen molar-refractivity contribution in [2.24, 2.45) is 0 Å². The van der Waals surface area contributed by atoms with E-state index in [1.165, 1.54) is 11.3 Å². The van der Waals surface area contributed by atoms with Gasteiger partial charge in [-0.2, -0.15) is 0 Å². The summed E-state index contributed by atoms with van der Waals surface area (Å²) in [6.07, 6.45) is 2.51. The number of hydrogen-bond acceptors (Lipinski definition) is 3. The molecule has 0 aliphatic carbocycles. The van der Waals surface area contributed by atoms with Crippen LogP contribution in [0.15, 0.2) is 54.9 Å². The molecule has 3 aromatic rings. The van der Waals surface area contributed by atoms with Gasteiger partial charge in [0.15, 0.2) is 0 Å². The molecule has 1 unspecified atom stereocenters. The average Bonchev–Trinajstić information content (AvgIpc) is 2.98. The van der Waals surface area contributed by atoms with Crippen molar-refractivity contribution in [2.75, 3.05) is 5.32 Å². The van der Waals surface area contributed by atoms with Crippen LogP contribution in [-0.2, 0) is 6.42 Å². The first kappa shape index (κ1) is 14.5. The van der Waals surface area contributed by atoms with E-state index in [4.69, 9.17) is 23.2 Å². The Bertz CT molecular complexity index is 834. The fourth-order valence-corrected chi connectivity index (χ4v) is 3.42. The Hall–Kier alpha value is -2.10. The summed E-state index contributed by atoms with van der Waals surface area (Å²) in [5.74, 6) is 0. The zero-order chi connectivity index (χ0) is 15.8. The number of rotatable bonds is 2. The summed E-state index contributed by atoms with van der Waals surface area (Å²) in [6.45, 7) is 0. The molecule has 1 aliphatic rings. The van der Waals surface area contributed by atoms with Crippen LogP contribution < -0.4 is 5.32 Å². The fraction of sp³-hybridized carbons (Fsp3) is 0.111. The minimum atomic E-state index is 0.156. The number of nitrogens with zero attached hydrogens (tertiary/aromatic N) is 2. The molecule has 1 aromatic heterocycles. The average molecular weight is 342 g/mol. The number of anilines is 1. The standard InChI is InChI=1S/C18H13Cl2N3/c19-13-5-12(6-14(20)8-13)16-9-17(22-10-21-16)18-7-11-3-1-2-4-15(11)23-18/h1-6,8-10,18,23H,7H2. The van der Waals surface area contributed by atoms with Crippen LogP contribution in [0.25, 0.3) is 11.3 Å². The SMILES string of the molecule is Clc1cc(Cl)cc(-c2cc(C3Cc4ccccc4N3)ncn2)c1. The maximum atomic E-state index is 6.09. The first-order valence-corrected chi connectivity index (χ1v) is 8.07. The van der Waals surface area contributed by atoms with Gasteiger partial charge in [0, 0.05) is 27.7 Å². The van der Waals surface area contributed by atoms with Crippen LogP contribution in [0, 0.1) is 0 Å². The van der Waals surface area contributed by atoms with Crippen molar-refractivity contribution in [1.29, 1.82) is 0 Å². The van der Waals surface area contributed by atoms with Crippen LogP contribution >= 0.6 is 23.2 Å². The van der Waals surface area contributed by atoms with Crippen LogP contribution in [0.2, 0.25) is 10.0 Å². The number of benzene rings is 2. The lowest BCUT2D eigenvalue weighted by atomic mass is 10.1. The number of fused-ring (bicyclic) bond motifs is 1. The van der Waals surface area contributed by atoms with Crippen molar-refractivity contribution in [3.8, 4) is 11.3 Å². The van der Waals surface area contributed by atoms with Crippen LogP contribution in [-0.4, -0.2) is 9.97 Å². The number of hydrogen-bond donors (Lipinski definition) is 1. The molecule has 0 spiro atoms. The number of aromatic nitrogens is 2. The molecule has 0 saturated heterocycles. The molecule has 4 rings (SSSR count). The van der Waals surface area contributed by atoms with E-state index >= 15 is 0 Å². The third-order valence-corrected chi connectivity index (χ3v) is 4.41. The Labute approximate surface area is 144 Å². The third kappa shape index (κ3) is 2.90. The summed E-state index contributed by atoms with van der Waals surface area (Å²) in [5, 5.41) is 4.70. The van der Waals surface area contributed by atoms with Crippen molar-refractivity contribution in [3.05, 3.63) is 76.2 Å². The van der Waals surface area contributed by atoms with Crippen molar-refractivity contribution < 1.29 is 0 Å². The summed E-state index contributed by atoms with van der Waals surface area (Å²) in [5.41, 5.74) is 5.15. The lowest BCUT2D eigenvalue weighted by Crippen LogP contribution is -2.08. The van der Waals surface area contributed by atoms with Crippen molar-refractivity contribution in [2.45, 2.75) is 12.5 Å². The summed E-state index contributed by atoms with van der Waals surface area (Å²) < 4.78 is 0. The molecular weight excluding hydrogens is 329 g/mol. The Morgan fingerprint density at radius 1 is 0.957 bits per heavy atom. The maximum Gasteiger partial charge on any atom is 0.116 e. The molecule has 0 bridgehead atoms. The number of nitrogens with one attached hydrogen (secondary N) is 1. The van der Waals surface area contributed by atoms with Crippen molar-refractivity contribution >= 4 is 28.9 Å². The van der Waals surface area contributed by atoms with Gasteiger partial charge in [-0.05, 0) is 35.9 Å². The molecule has 1 aliphatic heterocycles. The maximum absolute atomic E-state index is 6.09. The van der Waals surface area contributed by atoms with Gasteiger partial charge in [0.25, 0.3) is 0 Å². The molecule has 0 fully saturated rings. The van der Waals surface area contributed by atoms with Gasteiger partial charge in [-0.15, -0.1) is 0 Å². The Kier molecular flexibility index (Phi) is 3.68. The molecule has 0 saturated carbocycles. The van der Waals surface area contributed by atoms with Crippen molar-refractivity contribution in [3.63, 3.8) is 0 Å². The highest BCUT2D eigenvalue weighted by Crippen LogP contribution is 2.34. The molecule has 0 amide bonds. The van der Waals surface area contributed by atoms with Crippen LogP contribution in [0.3, 0.4) is 0 Å². The molecule has 1 N–H and O–H groups in total. The van der Waals surface area contributed by atoms with Gasteiger partial charge in [-0.25, -0.2) is 9.97 Å². The minimum absolute atomic E-state index is 0.156. The van der Waals surface area contributed by atoms with E-state index in [0.717, 1.165) is 23.4 Å². The Morgan fingerprint density at radius 2 is 1.74 bits per heavy atom. The summed E-state index contributed by atoms with van der Waals surface area (Å²) >= 11 is 12.2. The molecule has 2 aromatic carbocycles. The first-order valence-electron chi connectivity index (χ1n) is 7.32. The predicted molar refractivity (Wildman–Crippen MR) is 94.0 cm³/mol. The van der Waals surface area contributed by atoms with E-state index in [0.29, 0.717) is 10.0 Å².